The summed E-state index contributed by atoms with van der Waals surface area (Å²) in [5, 5.41) is -0.752. The molecule has 0 saturated carbocycles. The lowest BCUT2D eigenvalue weighted by Crippen LogP contribution is -2.49. The summed E-state index contributed by atoms with van der Waals surface area (Å²) >= 11 is 0. The molecule has 7 nitrogen and oxygen atoms in total. The Morgan fingerprint density at radius 1 is 1.16 bits per heavy atom. The fourth-order valence-corrected chi connectivity index (χ4v) is 3.70. The van der Waals surface area contributed by atoms with E-state index in [9.17, 15) is 21.2 Å². The quantitative estimate of drug-likeness (QED) is 0.589. The van der Waals surface area contributed by atoms with Crippen molar-refractivity contribution in [3.8, 4) is 0 Å². The van der Waals surface area contributed by atoms with Gasteiger partial charge in [0.05, 0.1) is 15.8 Å². The average Bonchev–Trinajstić information content (AvgIpc) is 2.54. The van der Waals surface area contributed by atoms with Crippen LogP contribution < -0.4 is 15.2 Å². The van der Waals surface area contributed by atoms with E-state index in [0.29, 0.717) is 12.8 Å². The Kier molecular flexibility index (Phi) is 6.96. The molecular formula is C15H26FN3O4S2. The average molecular weight is 396 g/mol. The number of nitrogens with two attached hydrogens (primary N) is 1. The van der Waals surface area contributed by atoms with Gasteiger partial charge in [0.1, 0.15) is 5.82 Å². The molecule has 0 heterocycles. The highest BCUT2D eigenvalue weighted by Crippen LogP contribution is 2.21. The first-order chi connectivity index (χ1) is 11.4. The van der Waals surface area contributed by atoms with Crippen LogP contribution in [0.5, 0.6) is 0 Å². The first-order valence-electron chi connectivity index (χ1n) is 7.96. The van der Waals surface area contributed by atoms with Crippen LogP contribution in [0.2, 0.25) is 0 Å². The second kappa shape index (κ2) is 7.98. The van der Waals surface area contributed by atoms with Gasteiger partial charge in [-0.3, -0.25) is 4.72 Å². The van der Waals surface area contributed by atoms with Crippen LogP contribution >= 0.6 is 0 Å². The lowest BCUT2D eigenvalue weighted by Gasteiger charge is -2.26. The van der Waals surface area contributed by atoms with Crippen molar-refractivity contribution in [1.82, 2.24) is 4.72 Å². The Morgan fingerprint density at radius 2 is 1.72 bits per heavy atom. The minimum Gasteiger partial charge on any atom is -0.324 e. The van der Waals surface area contributed by atoms with Crippen molar-refractivity contribution < 1.29 is 21.2 Å². The summed E-state index contributed by atoms with van der Waals surface area (Å²) in [5.74, 6) is -0.975. The predicted octanol–water partition coefficient (Wildman–Crippen LogP) is 1.77. The Bertz CT molecular complexity index is 804. The van der Waals surface area contributed by atoms with E-state index >= 15 is 0 Å². The molecule has 0 amide bonds. The van der Waals surface area contributed by atoms with E-state index in [4.69, 9.17) is 5.73 Å². The zero-order chi connectivity index (χ0) is 19.5. The van der Waals surface area contributed by atoms with Crippen LogP contribution in [0.4, 0.5) is 10.1 Å². The highest BCUT2D eigenvalue weighted by Gasteiger charge is 2.25. The summed E-state index contributed by atoms with van der Waals surface area (Å²) in [4.78, 5) is -0.299. The van der Waals surface area contributed by atoms with Crippen LogP contribution in [0.25, 0.3) is 0 Å². The third-order valence-electron chi connectivity index (χ3n) is 4.15. The number of halogens is 1. The van der Waals surface area contributed by atoms with Gasteiger partial charge in [-0.1, -0.05) is 13.8 Å². The number of nitrogens with one attached hydrogen (secondary N) is 2. The lowest BCUT2D eigenvalue weighted by atomic mass is 9.95. The van der Waals surface area contributed by atoms with E-state index in [-0.39, 0.29) is 17.1 Å². The molecule has 0 unspecified atom stereocenters. The van der Waals surface area contributed by atoms with Gasteiger partial charge in [-0.25, -0.2) is 25.9 Å². The molecule has 4 N–H and O–H groups in total. The summed E-state index contributed by atoms with van der Waals surface area (Å²) in [6.07, 6.45) is 1.16. The van der Waals surface area contributed by atoms with Crippen LogP contribution in [0.3, 0.4) is 0 Å². The number of sulfonamides is 2. The summed E-state index contributed by atoms with van der Waals surface area (Å²) in [6.45, 7) is 6.62. The summed E-state index contributed by atoms with van der Waals surface area (Å²) in [5.41, 5.74) is 5.07. The number of anilines is 1. The number of hydrogen-bond acceptors (Lipinski definition) is 5. The zero-order valence-electron chi connectivity index (χ0n) is 14.8. The number of benzene rings is 1. The molecule has 25 heavy (non-hydrogen) atoms. The molecular weight excluding hydrogens is 369 g/mol. The molecule has 0 spiro atoms. The monoisotopic (exact) mass is 395 g/mol. The van der Waals surface area contributed by atoms with Crippen LogP contribution in [0.1, 0.15) is 40.5 Å². The first-order valence-corrected chi connectivity index (χ1v) is 11.0. The maximum Gasteiger partial charge on any atom is 0.240 e. The number of rotatable bonds is 9. The molecule has 0 saturated heterocycles. The SMILES string of the molecule is CCC(N)(CC)CNS(=O)(=O)c1ccc(NS(=O)(=O)C(C)C)c(F)c1. The molecule has 1 rings (SSSR count). The molecule has 0 aliphatic carbocycles. The Morgan fingerprint density at radius 3 is 2.16 bits per heavy atom. The van der Waals surface area contributed by atoms with E-state index in [0.717, 1.165) is 18.2 Å². The van der Waals surface area contributed by atoms with Crippen molar-refractivity contribution in [2.75, 3.05) is 11.3 Å². The fraction of sp³-hybridized carbons (Fsp3) is 0.600. The molecule has 0 fully saturated rings. The third-order valence-corrected chi connectivity index (χ3v) is 7.29. The van der Waals surface area contributed by atoms with Gasteiger partial charge in [-0.15, -0.1) is 0 Å². The fourth-order valence-electron chi connectivity index (χ4n) is 1.84. The Balaban J connectivity index is 3.02. The lowest BCUT2D eigenvalue weighted by molar-refractivity contribution is 0.391. The first kappa shape index (κ1) is 21.8. The van der Waals surface area contributed by atoms with Crippen molar-refractivity contribution in [2.24, 2.45) is 5.73 Å². The minimum atomic E-state index is -3.96. The largest absolute Gasteiger partial charge is 0.324 e. The van der Waals surface area contributed by atoms with E-state index in [1.165, 1.54) is 13.8 Å². The molecule has 0 bridgehead atoms. The summed E-state index contributed by atoms with van der Waals surface area (Å²) in [6, 6.07) is 3.00. The molecule has 0 aliphatic heterocycles. The molecule has 10 heteroatoms. The molecule has 1 aromatic rings. The standard InChI is InChI=1S/C15H26FN3O4S2/c1-5-15(17,6-2)10-18-25(22,23)12-7-8-14(13(16)9-12)19-24(20,21)11(3)4/h7-9,11,18-19H,5-6,10,17H2,1-4H3. The van der Waals surface area contributed by atoms with Crippen LogP contribution in [-0.4, -0.2) is 34.2 Å². The molecule has 0 atom stereocenters. The molecule has 0 radical (unpaired) electrons. The normalized spacial score (nSPS) is 13.2. The van der Waals surface area contributed by atoms with Crippen LogP contribution in [-0.2, 0) is 20.0 Å². The van der Waals surface area contributed by atoms with Gasteiger partial charge in [0.25, 0.3) is 0 Å². The molecule has 144 valence electrons. The minimum absolute atomic E-state index is 0.0195. The van der Waals surface area contributed by atoms with Crippen molar-refractivity contribution in [2.45, 2.75) is 56.2 Å². The smallest absolute Gasteiger partial charge is 0.240 e. The second-order valence-electron chi connectivity index (χ2n) is 6.23. The van der Waals surface area contributed by atoms with E-state index in [1.54, 1.807) is 0 Å². The molecule has 1 aromatic carbocycles. The molecule has 0 aromatic heterocycles. The van der Waals surface area contributed by atoms with Crippen LogP contribution in [0.15, 0.2) is 23.1 Å². The van der Waals surface area contributed by atoms with Crippen LogP contribution in [0, 0.1) is 5.82 Å². The van der Waals surface area contributed by atoms with Gasteiger partial charge < -0.3 is 5.73 Å². The third kappa shape index (κ3) is 5.63. The maximum atomic E-state index is 14.1. The molecule has 0 aliphatic rings. The highest BCUT2D eigenvalue weighted by atomic mass is 32.2. The van der Waals surface area contributed by atoms with Gasteiger partial charge in [-0.05, 0) is 44.9 Å². The summed E-state index contributed by atoms with van der Waals surface area (Å²) < 4.78 is 66.8. The van der Waals surface area contributed by atoms with Crippen molar-refractivity contribution in [3.05, 3.63) is 24.0 Å². The summed E-state index contributed by atoms with van der Waals surface area (Å²) in [7, 11) is -7.69. The second-order valence-corrected chi connectivity index (χ2v) is 10.2. The maximum absolute atomic E-state index is 14.1. The van der Waals surface area contributed by atoms with Gasteiger partial charge in [-0.2, -0.15) is 0 Å². The Labute approximate surface area is 149 Å². The van der Waals surface area contributed by atoms with E-state index in [1.807, 2.05) is 13.8 Å². The van der Waals surface area contributed by atoms with Gasteiger partial charge in [0.15, 0.2) is 0 Å². The van der Waals surface area contributed by atoms with Gasteiger partial charge in [0, 0.05) is 12.1 Å². The van der Waals surface area contributed by atoms with Gasteiger partial charge in [0.2, 0.25) is 20.0 Å². The Hall–Kier alpha value is -1.23. The van der Waals surface area contributed by atoms with Crippen molar-refractivity contribution in [1.29, 1.82) is 0 Å². The highest BCUT2D eigenvalue weighted by molar-refractivity contribution is 7.93. The zero-order valence-corrected chi connectivity index (χ0v) is 16.5. The van der Waals surface area contributed by atoms with Crippen molar-refractivity contribution in [3.63, 3.8) is 0 Å². The predicted molar refractivity (Wildman–Crippen MR) is 96.8 cm³/mol. The van der Waals surface area contributed by atoms with E-state index in [2.05, 4.69) is 9.44 Å². The van der Waals surface area contributed by atoms with E-state index < -0.39 is 36.7 Å². The van der Waals surface area contributed by atoms with Gasteiger partial charge >= 0.3 is 0 Å². The number of hydrogen-bond donors (Lipinski definition) is 3. The topological polar surface area (TPSA) is 118 Å². The van der Waals surface area contributed by atoms with Crippen molar-refractivity contribution >= 4 is 25.7 Å².